The van der Waals surface area contributed by atoms with Crippen LogP contribution in [0.4, 0.5) is 4.39 Å². The van der Waals surface area contributed by atoms with Gasteiger partial charge in [-0.05, 0) is 24.2 Å². The molecule has 1 atom stereocenters. The zero-order valence-corrected chi connectivity index (χ0v) is 10.9. The van der Waals surface area contributed by atoms with Crippen molar-refractivity contribution in [2.75, 3.05) is 6.54 Å². The van der Waals surface area contributed by atoms with Crippen LogP contribution in [0, 0.1) is 5.82 Å². The number of rotatable bonds is 4. The number of nitrogens with one attached hydrogen (secondary N) is 1. The van der Waals surface area contributed by atoms with Gasteiger partial charge in [-0.2, -0.15) is 0 Å². The molecule has 0 saturated heterocycles. The third-order valence-corrected chi connectivity index (χ3v) is 3.16. The standard InChI is InChI=1S/C15H15ClFN/c1-2-18-15(11-7-4-3-5-8-11)14-12(16)9-6-10-13(14)17/h3-10,15,18H,2H2,1H3. The minimum Gasteiger partial charge on any atom is -0.306 e. The summed E-state index contributed by atoms with van der Waals surface area (Å²) in [5.41, 5.74) is 1.51. The van der Waals surface area contributed by atoms with E-state index in [9.17, 15) is 4.39 Å². The van der Waals surface area contributed by atoms with Gasteiger partial charge in [0.2, 0.25) is 0 Å². The van der Waals surface area contributed by atoms with E-state index in [0.29, 0.717) is 10.6 Å². The Morgan fingerprint density at radius 3 is 2.44 bits per heavy atom. The van der Waals surface area contributed by atoms with Crippen molar-refractivity contribution >= 4 is 11.6 Å². The van der Waals surface area contributed by atoms with Gasteiger partial charge in [-0.15, -0.1) is 0 Å². The van der Waals surface area contributed by atoms with Crippen LogP contribution in [0.5, 0.6) is 0 Å². The van der Waals surface area contributed by atoms with Gasteiger partial charge in [-0.25, -0.2) is 4.39 Å². The Bertz CT molecular complexity index is 493. The van der Waals surface area contributed by atoms with Gasteiger partial charge < -0.3 is 5.32 Å². The second kappa shape index (κ2) is 5.98. The van der Waals surface area contributed by atoms with Crippen LogP contribution in [0.2, 0.25) is 5.02 Å². The van der Waals surface area contributed by atoms with Gasteiger partial charge in [-0.1, -0.05) is 54.9 Å². The fourth-order valence-corrected chi connectivity index (χ4v) is 2.29. The Labute approximate surface area is 112 Å². The molecule has 2 aromatic rings. The Morgan fingerprint density at radius 2 is 1.83 bits per heavy atom. The molecular formula is C15H15ClFN. The summed E-state index contributed by atoms with van der Waals surface area (Å²) in [6, 6.07) is 14.3. The molecule has 0 bridgehead atoms. The fraction of sp³-hybridized carbons (Fsp3) is 0.200. The monoisotopic (exact) mass is 263 g/mol. The summed E-state index contributed by atoms with van der Waals surface area (Å²) in [4.78, 5) is 0. The summed E-state index contributed by atoms with van der Waals surface area (Å²) >= 11 is 6.13. The molecule has 0 fully saturated rings. The predicted octanol–water partition coefficient (Wildman–Crippen LogP) is 4.18. The molecule has 3 heteroatoms. The van der Waals surface area contributed by atoms with Crippen molar-refractivity contribution < 1.29 is 4.39 Å². The summed E-state index contributed by atoms with van der Waals surface area (Å²) < 4.78 is 14.0. The van der Waals surface area contributed by atoms with E-state index in [0.717, 1.165) is 12.1 Å². The molecule has 1 nitrogen and oxygen atoms in total. The molecule has 0 amide bonds. The van der Waals surface area contributed by atoms with E-state index in [1.165, 1.54) is 6.07 Å². The molecule has 2 rings (SSSR count). The van der Waals surface area contributed by atoms with E-state index in [1.54, 1.807) is 12.1 Å². The summed E-state index contributed by atoms with van der Waals surface area (Å²) in [5.74, 6) is -0.280. The van der Waals surface area contributed by atoms with Crippen molar-refractivity contribution in [2.24, 2.45) is 0 Å². The summed E-state index contributed by atoms with van der Waals surface area (Å²) in [6.07, 6.45) is 0. The maximum Gasteiger partial charge on any atom is 0.129 e. The summed E-state index contributed by atoms with van der Waals surface area (Å²) in [5, 5.41) is 3.72. The van der Waals surface area contributed by atoms with Gasteiger partial charge in [0.05, 0.1) is 6.04 Å². The first-order valence-electron chi connectivity index (χ1n) is 5.96. The molecule has 0 aliphatic carbocycles. The second-order valence-electron chi connectivity index (χ2n) is 4.04. The number of hydrogen-bond acceptors (Lipinski definition) is 1. The lowest BCUT2D eigenvalue weighted by Crippen LogP contribution is -2.23. The van der Waals surface area contributed by atoms with Crippen LogP contribution < -0.4 is 5.32 Å². The highest BCUT2D eigenvalue weighted by molar-refractivity contribution is 6.31. The first-order chi connectivity index (χ1) is 8.74. The van der Waals surface area contributed by atoms with Crippen LogP contribution in [-0.2, 0) is 0 Å². The van der Waals surface area contributed by atoms with Crippen LogP contribution in [0.3, 0.4) is 0 Å². The number of benzene rings is 2. The van der Waals surface area contributed by atoms with Gasteiger partial charge in [-0.3, -0.25) is 0 Å². The van der Waals surface area contributed by atoms with E-state index in [-0.39, 0.29) is 11.9 Å². The quantitative estimate of drug-likeness (QED) is 0.873. The van der Waals surface area contributed by atoms with Gasteiger partial charge in [0.1, 0.15) is 5.82 Å². The van der Waals surface area contributed by atoms with E-state index < -0.39 is 0 Å². The Hall–Kier alpha value is -1.38. The molecule has 1 unspecified atom stereocenters. The predicted molar refractivity (Wildman–Crippen MR) is 73.4 cm³/mol. The largest absolute Gasteiger partial charge is 0.306 e. The molecule has 0 radical (unpaired) electrons. The van der Waals surface area contributed by atoms with Crippen molar-refractivity contribution in [1.29, 1.82) is 0 Å². The molecular weight excluding hydrogens is 249 g/mol. The molecule has 0 saturated carbocycles. The van der Waals surface area contributed by atoms with Crippen molar-refractivity contribution in [2.45, 2.75) is 13.0 Å². The fourth-order valence-electron chi connectivity index (χ4n) is 2.02. The van der Waals surface area contributed by atoms with E-state index in [1.807, 2.05) is 37.3 Å². The minimum absolute atomic E-state index is 0.218. The number of hydrogen-bond donors (Lipinski definition) is 1. The van der Waals surface area contributed by atoms with Crippen LogP contribution >= 0.6 is 11.6 Å². The SMILES string of the molecule is CCNC(c1ccccc1)c1c(F)cccc1Cl. The molecule has 0 aliphatic heterocycles. The zero-order chi connectivity index (χ0) is 13.0. The van der Waals surface area contributed by atoms with E-state index in [4.69, 9.17) is 11.6 Å². The smallest absolute Gasteiger partial charge is 0.129 e. The lowest BCUT2D eigenvalue weighted by Gasteiger charge is -2.20. The normalized spacial score (nSPS) is 12.4. The van der Waals surface area contributed by atoms with Crippen LogP contribution in [0.1, 0.15) is 24.1 Å². The molecule has 18 heavy (non-hydrogen) atoms. The van der Waals surface area contributed by atoms with Gasteiger partial charge in [0.25, 0.3) is 0 Å². The summed E-state index contributed by atoms with van der Waals surface area (Å²) in [7, 11) is 0. The third-order valence-electron chi connectivity index (χ3n) is 2.83. The molecule has 2 aromatic carbocycles. The van der Waals surface area contributed by atoms with Crippen molar-refractivity contribution in [3.63, 3.8) is 0 Å². The third kappa shape index (κ3) is 2.71. The molecule has 0 heterocycles. The molecule has 94 valence electrons. The summed E-state index contributed by atoms with van der Waals surface area (Å²) in [6.45, 7) is 2.73. The molecule has 0 spiro atoms. The average molecular weight is 264 g/mol. The molecule has 0 aromatic heterocycles. The Balaban J connectivity index is 2.48. The first kappa shape index (κ1) is 13.1. The Kier molecular flexibility index (Phi) is 4.34. The first-order valence-corrected chi connectivity index (χ1v) is 6.34. The lowest BCUT2D eigenvalue weighted by molar-refractivity contribution is 0.559. The minimum atomic E-state index is -0.280. The maximum atomic E-state index is 14.0. The van der Waals surface area contributed by atoms with Crippen LogP contribution in [-0.4, -0.2) is 6.54 Å². The van der Waals surface area contributed by atoms with E-state index in [2.05, 4.69) is 5.32 Å². The topological polar surface area (TPSA) is 12.0 Å². The highest BCUT2D eigenvalue weighted by Crippen LogP contribution is 2.30. The average Bonchev–Trinajstić information content (AvgIpc) is 2.38. The molecule has 0 aliphatic rings. The highest BCUT2D eigenvalue weighted by Gasteiger charge is 2.19. The highest BCUT2D eigenvalue weighted by atomic mass is 35.5. The number of halogens is 2. The van der Waals surface area contributed by atoms with Gasteiger partial charge >= 0.3 is 0 Å². The lowest BCUT2D eigenvalue weighted by atomic mass is 9.98. The van der Waals surface area contributed by atoms with Gasteiger partial charge in [0.15, 0.2) is 0 Å². The molecule has 1 N–H and O–H groups in total. The van der Waals surface area contributed by atoms with Crippen molar-refractivity contribution in [3.8, 4) is 0 Å². The zero-order valence-electron chi connectivity index (χ0n) is 10.2. The maximum absolute atomic E-state index is 14.0. The van der Waals surface area contributed by atoms with E-state index >= 15 is 0 Å². The van der Waals surface area contributed by atoms with Crippen molar-refractivity contribution in [3.05, 3.63) is 70.5 Å². The Morgan fingerprint density at radius 1 is 1.11 bits per heavy atom. The van der Waals surface area contributed by atoms with Crippen LogP contribution in [0.15, 0.2) is 48.5 Å². The van der Waals surface area contributed by atoms with Gasteiger partial charge in [0, 0.05) is 10.6 Å². The second-order valence-corrected chi connectivity index (χ2v) is 4.44. The van der Waals surface area contributed by atoms with Crippen LogP contribution in [0.25, 0.3) is 0 Å². The van der Waals surface area contributed by atoms with Crippen molar-refractivity contribution in [1.82, 2.24) is 5.32 Å².